The molecular formula is C15H20O2. The molecule has 0 fully saturated rings. The minimum atomic E-state index is 0.0259. The highest BCUT2D eigenvalue weighted by molar-refractivity contribution is 5.57. The number of phenols is 2. The zero-order valence-electron chi connectivity index (χ0n) is 10.7. The predicted octanol–water partition coefficient (Wildman–Crippen LogP) is 3.96. The van der Waals surface area contributed by atoms with E-state index in [1.165, 1.54) is 0 Å². The molecule has 2 nitrogen and oxygen atoms in total. The van der Waals surface area contributed by atoms with Crippen molar-refractivity contribution < 1.29 is 10.2 Å². The van der Waals surface area contributed by atoms with Crippen LogP contribution in [0.2, 0.25) is 0 Å². The van der Waals surface area contributed by atoms with E-state index in [2.05, 4.69) is 13.5 Å². The molecule has 0 spiro atoms. The fourth-order valence-corrected chi connectivity index (χ4v) is 2.86. The summed E-state index contributed by atoms with van der Waals surface area (Å²) in [6, 6.07) is 2.00. The van der Waals surface area contributed by atoms with Crippen molar-refractivity contribution in [3.8, 4) is 11.5 Å². The molecule has 2 rings (SSSR count). The van der Waals surface area contributed by atoms with Gasteiger partial charge in [-0.2, -0.15) is 0 Å². The van der Waals surface area contributed by atoms with E-state index in [0.717, 1.165) is 35.1 Å². The van der Waals surface area contributed by atoms with Crippen molar-refractivity contribution in [2.45, 2.75) is 45.4 Å². The third kappa shape index (κ3) is 1.82. The van der Waals surface area contributed by atoms with Gasteiger partial charge in [-0.1, -0.05) is 25.1 Å². The summed E-state index contributed by atoms with van der Waals surface area (Å²) in [7, 11) is 0. The number of benzene rings is 1. The first-order chi connectivity index (χ1) is 7.93. The van der Waals surface area contributed by atoms with Crippen molar-refractivity contribution in [3.63, 3.8) is 0 Å². The Morgan fingerprint density at radius 1 is 1.29 bits per heavy atom. The molecule has 2 N–H and O–H groups in total. The molecule has 1 aliphatic rings. The maximum atomic E-state index is 10.1. The zero-order chi connectivity index (χ0) is 12.7. The highest BCUT2D eigenvalue weighted by Crippen LogP contribution is 2.49. The number of phenolic OH excluding ortho intramolecular Hbond substituents is 2. The van der Waals surface area contributed by atoms with E-state index in [1.54, 1.807) is 0 Å². The van der Waals surface area contributed by atoms with Crippen molar-refractivity contribution in [2.75, 3.05) is 0 Å². The van der Waals surface area contributed by atoms with E-state index in [-0.39, 0.29) is 11.5 Å². The fourth-order valence-electron chi connectivity index (χ4n) is 2.86. The van der Waals surface area contributed by atoms with Gasteiger partial charge in [0.25, 0.3) is 0 Å². The predicted molar refractivity (Wildman–Crippen MR) is 69.7 cm³/mol. The molecule has 92 valence electrons. The fraction of sp³-hybridized carbons (Fsp3) is 0.467. The second-order valence-corrected chi connectivity index (χ2v) is 5.27. The largest absolute Gasteiger partial charge is 0.504 e. The highest BCUT2D eigenvalue weighted by atomic mass is 16.3. The van der Waals surface area contributed by atoms with Gasteiger partial charge in [0.05, 0.1) is 0 Å². The Labute approximate surface area is 103 Å². The van der Waals surface area contributed by atoms with Gasteiger partial charge >= 0.3 is 0 Å². The smallest absolute Gasteiger partial charge is 0.161 e. The molecule has 0 aliphatic heterocycles. The lowest BCUT2D eigenvalue weighted by atomic mass is 9.74. The van der Waals surface area contributed by atoms with Crippen LogP contribution in [-0.4, -0.2) is 10.2 Å². The molecule has 17 heavy (non-hydrogen) atoms. The first-order valence-corrected chi connectivity index (χ1v) is 6.14. The SMILES string of the molecule is C=C(C)[C@@H]1CC[C@H](C)c2c1cc(C)c(O)c2O. The van der Waals surface area contributed by atoms with Gasteiger partial charge in [0.1, 0.15) is 0 Å². The molecule has 0 aromatic heterocycles. The van der Waals surface area contributed by atoms with E-state index in [1.807, 2.05) is 19.9 Å². The normalized spacial score (nSPS) is 23.2. The lowest BCUT2D eigenvalue weighted by molar-refractivity contribution is 0.386. The topological polar surface area (TPSA) is 40.5 Å². The molecule has 0 radical (unpaired) electrons. The van der Waals surface area contributed by atoms with Crippen LogP contribution in [0.5, 0.6) is 11.5 Å². The lowest BCUT2D eigenvalue weighted by Crippen LogP contribution is -2.14. The van der Waals surface area contributed by atoms with Gasteiger partial charge in [-0.3, -0.25) is 0 Å². The molecule has 2 heteroatoms. The van der Waals surface area contributed by atoms with Crippen LogP contribution in [0.1, 0.15) is 55.2 Å². The van der Waals surface area contributed by atoms with Gasteiger partial charge in [0, 0.05) is 11.5 Å². The monoisotopic (exact) mass is 232 g/mol. The summed E-state index contributed by atoms with van der Waals surface area (Å²) in [5, 5.41) is 19.9. The molecule has 0 amide bonds. The van der Waals surface area contributed by atoms with Gasteiger partial charge in [-0.15, -0.1) is 0 Å². The molecule has 1 aromatic carbocycles. The molecule has 0 saturated heterocycles. The van der Waals surface area contributed by atoms with Crippen LogP contribution < -0.4 is 0 Å². The molecule has 0 unspecified atom stereocenters. The first-order valence-electron chi connectivity index (χ1n) is 6.14. The van der Waals surface area contributed by atoms with Crippen LogP contribution in [0.25, 0.3) is 0 Å². The number of hydrogen-bond donors (Lipinski definition) is 2. The Morgan fingerprint density at radius 2 is 1.94 bits per heavy atom. The first kappa shape index (κ1) is 12.0. The molecule has 2 atom stereocenters. The number of fused-ring (bicyclic) bond motifs is 1. The maximum absolute atomic E-state index is 10.1. The molecular weight excluding hydrogens is 212 g/mol. The summed E-state index contributed by atoms with van der Waals surface area (Å²) in [6.07, 6.45) is 2.10. The van der Waals surface area contributed by atoms with Crippen LogP contribution in [0.4, 0.5) is 0 Å². The molecule has 0 saturated carbocycles. The Bertz CT molecular complexity index is 474. The van der Waals surface area contributed by atoms with E-state index >= 15 is 0 Å². The van der Waals surface area contributed by atoms with Gasteiger partial charge < -0.3 is 10.2 Å². The number of aryl methyl sites for hydroxylation is 1. The van der Waals surface area contributed by atoms with Gasteiger partial charge in [-0.25, -0.2) is 0 Å². The maximum Gasteiger partial charge on any atom is 0.161 e. The summed E-state index contributed by atoms with van der Waals surface area (Å²) in [4.78, 5) is 0. The van der Waals surface area contributed by atoms with Gasteiger partial charge in [0.2, 0.25) is 0 Å². The Balaban J connectivity index is 2.67. The van der Waals surface area contributed by atoms with Crippen LogP contribution in [0, 0.1) is 6.92 Å². The van der Waals surface area contributed by atoms with Crippen molar-refractivity contribution in [1.82, 2.24) is 0 Å². The number of hydrogen-bond acceptors (Lipinski definition) is 2. The number of rotatable bonds is 1. The standard InChI is InChI=1S/C15H20O2/c1-8(2)11-6-5-9(3)13-12(11)7-10(4)14(16)15(13)17/h7,9,11,16-17H,1,5-6H2,2-4H3/t9-,11-/m0/s1. The quantitative estimate of drug-likeness (QED) is 0.568. The summed E-state index contributed by atoms with van der Waals surface area (Å²) < 4.78 is 0. The van der Waals surface area contributed by atoms with Crippen LogP contribution >= 0.6 is 0 Å². The molecule has 1 aromatic rings. The highest BCUT2D eigenvalue weighted by Gasteiger charge is 2.29. The minimum absolute atomic E-state index is 0.0259. The summed E-state index contributed by atoms with van der Waals surface area (Å²) >= 11 is 0. The van der Waals surface area contributed by atoms with Crippen molar-refractivity contribution in [3.05, 3.63) is 34.9 Å². The third-order valence-electron chi connectivity index (χ3n) is 3.89. The molecule has 0 heterocycles. The van der Waals surface area contributed by atoms with Crippen LogP contribution in [-0.2, 0) is 0 Å². The van der Waals surface area contributed by atoms with Crippen LogP contribution in [0.3, 0.4) is 0 Å². The number of allylic oxidation sites excluding steroid dienone is 1. The summed E-state index contributed by atoms with van der Waals surface area (Å²) in [5.74, 6) is 0.704. The van der Waals surface area contributed by atoms with E-state index in [4.69, 9.17) is 0 Å². The van der Waals surface area contributed by atoms with E-state index < -0.39 is 0 Å². The van der Waals surface area contributed by atoms with Crippen LogP contribution in [0.15, 0.2) is 18.2 Å². The minimum Gasteiger partial charge on any atom is -0.504 e. The Kier molecular flexibility index (Phi) is 2.90. The van der Waals surface area contributed by atoms with Crippen molar-refractivity contribution >= 4 is 0 Å². The summed E-state index contributed by atoms with van der Waals surface area (Å²) in [6.45, 7) is 9.99. The van der Waals surface area contributed by atoms with E-state index in [9.17, 15) is 10.2 Å². The average Bonchev–Trinajstić information content (AvgIpc) is 2.25. The van der Waals surface area contributed by atoms with Gasteiger partial charge in [-0.05, 0) is 43.7 Å². The number of aromatic hydroxyl groups is 2. The Morgan fingerprint density at radius 3 is 2.53 bits per heavy atom. The average molecular weight is 232 g/mol. The zero-order valence-corrected chi connectivity index (χ0v) is 10.7. The second-order valence-electron chi connectivity index (χ2n) is 5.27. The van der Waals surface area contributed by atoms with Crippen molar-refractivity contribution in [1.29, 1.82) is 0 Å². The Hall–Kier alpha value is -1.44. The second kappa shape index (κ2) is 4.10. The third-order valence-corrected chi connectivity index (χ3v) is 3.89. The van der Waals surface area contributed by atoms with E-state index in [0.29, 0.717) is 11.8 Å². The van der Waals surface area contributed by atoms with Gasteiger partial charge in [0.15, 0.2) is 11.5 Å². The molecule has 0 bridgehead atoms. The summed E-state index contributed by atoms with van der Waals surface area (Å²) in [5.41, 5.74) is 3.92. The van der Waals surface area contributed by atoms with Crippen molar-refractivity contribution in [2.24, 2.45) is 0 Å². The lowest BCUT2D eigenvalue weighted by Gasteiger charge is -2.31. The molecule has 1 aliphatic carbocycles.